The van der Waals surface area contributed by atoms with Gasteiger partial charge in [0.15, 0.2) is 0 Å². The van der Waals surface area contributed by atoms with Gasteiger partial charge in [0.1, 0.15) is 5.92 Å². The Morgan fingerprint density at radius 3 is 2.57 bits per heavy atom. The molecule has 0 N–H and O–H groups in total. The summed E-state index contributed by atoms with van der Waals surface area (Å²) >= 11 is 0. The molecule has 2 rings (SSSR count). The van der Waals surface area contributed by atoms with Crippen molar-refractivity contribution in [3.63, 3.8) is 0 Å². The number of benzene rings is 1. The van der Waals surface area contributed by atoms with E-state index in [-0.39, 0.29) is 11.9 Å². The van der Waals surface area contributed by atoms with E-state index in [9.17, 15) is 4.79 Å². The molecule has 1 saturated heterocycles. The topological polar surface area (TPSA) is 44.1 Å². The Hall–Kier alpha value is -1.82. The smallest absolute Gasteiger partial charge is 0.242 e. The quantitative estimate of drug-likeness (QED) is 0.621. The highest BCUT2D eigenvalue weighted by atomic mass is 16.2. The Morgan fingerprint density at radius 2 is 2.00 bits per heavy atom. The van der Waals surface area contributed by atoms with Crippen LogP contribution in [-0.2, 0) is 4.79 Å². The second kappa shape index (κ2) is 3.15. The van der Waals surface area contributed by atoms with Crippen LogP contribution >= 0.6 is 0 Å². The molecule has 0 aliphatic carbocycles. The minimum absolute atomic E-state index is 0.0614. The zero-order valence-corrected chi connectivity index (χ0v) is 7.84. The fourth-order valence-electron chi connectivity index (χ4n) is 1.83. The zero-order chi connectivity index (χ0) is 10.1. The number of nitriles is 1. The van der Waals surface area contributed by atoms with Gasteiger partial charge in [-0.2, -0.15) is 5.26 Å². The predicted octanol–water partition coefficient (Wildman–Crippen LogP) is 1.34. The van der Waals surface area contributed by atoms with E-state index in [2.05, 4.69) is 0 Å². The number of rotatable bonds is 1. The maximum Gasteiger partial charge on any atom is 0.242 e. The van der Waals surface area contributed by atoms with Crippen molar-refractivity contribution < 1.29 is 4.79 Å². The summed E-state index contributed by atoms with van der Waals surface area (Å²) in [7, 11) is 1.73. The van der Waals surface area contributed by atoms with Crippen molar-refractivity contribution in [1.82, 2.24) is 4.90 Å². The number of nitrogens with zero attached hydrogens (tertiary/aromatic N) is 2. The normalized spacial score (nSPS) is 25.4. The van der Waals surface area contributed by atoms with Crippen LogP contribution in [0.4, 0.5) is 0 Å². The van der Waals surface area contributed by atoms with Crippen molar-refractivity contribution in [2.75, 3.05) is 7.05 Å². The highest BCUT2D eigenvalue weighted by Crippen LogP contribution is 2.37. The van der Waals surface area contributed by atoms with E-state index in [1.807, 2.05) is 36.4 Å². The van der Waals surface area contributed by atoms with Gasteiger partial charge in [0.2, 0.25) is 5.91 Å². The molecule has 3 nitrogen and oxygen atoms in total. The number of amides is 1. The first-order chi connectivity index (χ1) is 6.75. The molecule has 0 saturated carbocycles. The van der Waals surface area contributed by atoms with Crippen LogP contribution in [0.3, 0.4) is 0 Å². The fraction of sp³-hybridized carbons (Fsp3) is 0.273. The Kier molecular flexibility index (Phi) is 1.97. The van der Waals surface area contributed by atoms with Crippen LogP contribution in [0.25, 0.3) is 0 Å². The van der Waals surface area contributed by atoms with Gasteiger partial charge < -0.3 is 4.90 Å². The lowest BCUT2D eigenvalue weighted by atomic mass is 9.84. The summed E-state index contributed by atoms with van der Waals surface area (Å²) in [6.07, 6.45) is 0. The second-order valence-electron chi connectivity index (χ2n) is 3.41. The summed E-state index contributed by atoms with van der Waals surface area (Å²) in [5.41, 5.74) is 1.03. The SMILES string of the molecule is CN1C(=O)C(C#N)C1c1ccccc1. The third-order valence-electron chi connectivity index (χ3n) is 2.63. The van der Waals surface area contributed by atoms with E-state index >= 15 is 0 Å². The van der Waals surface area contributed by atoms with Gasteiger partial charge in [-0.05, 0) is 5.56 Å². The molecule has 2 unspecified atom stereocenters. The first kappa shape index (κ1) is 8.76. The standard InChI is InChI=1S/C11H10N2O/c1-13-10(9(7-12)11(13)14)8-5-3-2-4-6-8/h2-6,9-10H,1H3. The van der Waals surface area contributed by atoms with Crippen LogP contribution in [0, 0.1) is 17.2 Å². The molecule has 0 radical (unpaired) electrons. The lowest BCUT2D eigenvalue weighted by Crippen LogP contribution is -2.51. The van der Waals surface area contributed by atoms with Gasteiger partial charge in [0.25, 0.3) is 0 Å². The first-order valence-electron chi connectivity index (χ1n) is 4.47. The molecule has 2 atom stereocenters. The van der Waals surface area contributed by atoms with Crippen molar-refractivity contribution in [2.45, 2.75) is 6.04 Å². The minimum Gasteiger partial charge on any atom is -0.336 e. The molecule has 1 aromatic rings. The highest BCUT2D eigenvalue weighted by Gasteiger charge is 2.45. The van der Waals surface area contributed by atoms with Gasteiger partial charge in [-0.1, -0.05) is 30.3 Å². The molecule has 3 heteroatoms. The van der Waals surface area contributed by atoms with E-state index in [1.54, 1.807) is 11.9 Å². The second-order valence-corrected chi connectivity index (χ2v) is 3.41. The number of likely N-dealkylation sites (tertiary alicyclic amines) is 1. The number of β-lactam (4-membered cyclic amide) rings is 1. The summed E-state index contributed by atoms with van der Waals surface area (Å²) in [6, 6.07) is 11.6. The fourth-order valence-corrected chi connectivity index (χ4v) is 1.83. The third-order valence-corrected chi connectivity index (χ3v) is 2.63. The van der Waals surface area contributed by atoms with Crippen LogP contribution in [0.5, 0.6) is 0 Å². The van der Waals surface area contributed by atoms with Gasteiger partial charge >= 0.3 is 0 Å². The van der Waals surface area contributed by atoms with E-state index in [0.717, 1.165) is 5.56 Å². The van der Waals surface area contributed by atoms with E-state index < -0.39 is 5.92 Å². The Morgan fingerprint density at radius 1 is 1.36 bits per heavy atom. The molecule has 70 valence electrons. The molecule has 1 heterocycles. The molecule has 1 aliphatic heterocycles. The molecule has 1 aliphatic rings. The third kappa shape index (κ3) is 1.08. The average molecular weight is 186 g/mol. The summed E-state index contributed by atoms with van der Waals surface area (Å²) < 4.78 is 0. The van der Waals surface area contributed by atoms with Crippen molar-refractivity contribution in [3.8, 4) is 6.07 Å². The van der Waals surface area contributed by atoms with E-state index in [4.69, 9.17) is 5.26 Å². The van der Waals surface area contributed by atoms with Crippen molar-refractivity contribution in [3.05, 3.63) is 35.9 Å². The lowest BCUT2D eigenvalue weighted by molar-refractivity contribution is -0.149. The largest absolute Gasteiger partial charge is 0.336 e. The van der Waals surface area contributed by atoms with E-state index in [1.165, 1.54) is 0 Å². The zero-order valence-electron chi connectivity index (χ0n) is 7.84. The summed E-state index contributed by atoms with van der Waals surface area (Å²) in [5.74, 6) is -0.580. The number of carbonyl (C=O) groups excluding carboxylic acids is 1. The number of hydrogen-bond donors (Lipinski definition) is 0. The van der Waals surface area contributed by atoms with Gasteiger partial charge in [0.05, 0.1) is 12.1 Å². The Bertz CT molecular complexity index is 393. The van der Waals surface area contributed by atoms with Crippen molar-refractivity contribution in [1.29, 1.82) is 5.26 Å². The van der Waals surface area contributed by atoms with Crippen LogP contribution in [0.2, 0.25) is 0 Å². The molecule has 0 bridgehead atoms. The van der Waals surface area contributed by atoms with Gasteiger partial charge in [-0.15, -0.1) is 0 Å². The molecule has 1 aromatic carbocycles. The van der Waals surface area contributed by atoms with Crippen molar-refractivity contribution >= 4 is 5.91 Å². The summed E-state index contributed by atoms with van der Waals surface area (Å²) in [6.45, 7) is 0. The minimum atomic E-state index is -0.498. The Labute approximate surface area is 82.6 Å². The molecule has 1 fully saturated rings. The van der Waals surface area contributed by atoms with Gasteiger partial charge in [-0.3, -0.25) is 4.79 Å². The molecular formula is C11H10N2O. The lowest BCUT2D eigenvalue weighted by Gasteiger charge is -2.41. The van der Waals surface area contributed by atoms with Gasteiger partial charge in [0, 0.05) is 7.05 Å². The predicted molar refractivity (Wildman–Crippen MR) is 51.1 cm³/mol. The molecule has 0 aromatic heterocycles. The average Bonchev–Trinajstić information content (AvgIpc) is 2.25. The maximum absolute atomic E-state index is 11.3. The van der Waals surface area contributed by atoms with Gasteiger partial charge in [-0.25, -0.2) is 0 Å². The van der Waals surface area contributed by atoms with Crippen LogP contribution < -0.4 is 0 Å². The summed E-state index contributed by atoms with van der Waals surface area (Å²) in [4.78, 5) is 12.9. The molecule has 0 spiro atoms. The highest BCUT2D eigenvalue weighted by molar-refractivity contribution is 5.88. The van der Waals surface area contributed by atoms with Crippen LogP contribution in [0.15, 0.2) is 30.3 Å². The monoisotopic (exact) mass is 186 g/mol. The van der Waals surface area contributed by atoms with Crippen LogP contribution in [0.1, 0.15) is 11.6 Å². The molecule has 1 amide bonds. The Balaban J connectivity index is 2.29. The molecular weight excluding hydrogens is 176 g/mol. The number of hydrogen-bond acceptors (Lipinski definition) is 2. The van der Waals surface area contributed by atoms with E-state index in [0.29, 0.717) is 0 Å². The van der Waals surface area contributed by atoms with Crippen LogP contribution in [-0.4, -0.2) is 17.9 Å². The summed E-state index contributed by atoms with van der Waals surface area (Å²) in [5, 5.41) is 8.81. The number of carbonyl (C=O) groups is 1. The maximum atomic E-state index is 11.3. The molecule has 14 heavy (non-hydrogen) atoms. The van der Waals surface area contributed by atoms with Crippen molar-refractivity contribution in [2.24, 2.45) is 5.92 Å². The first-order valence-corrected chi connectivity index (χ1v) is 4.47.